The van der Waals surface area contributed by atoms with Gasteiger partial charge in [0.1, 0.15) is 5.82 Å². The molecule has 2 amide bonds. The zero-order valence-electron chi connectivity index (χ0n) is 14.1. The largest absolute Gasteiger partial charge is 0.321 e. The van der Waals surface area contributed by atoms with Crippen molar-refractivity contribution in [3.8, 4) is 5.69 Å². The van der Waals surface area contributed by atoms with Gasteiger partial charge in [-0.1, -0.05) is 36.4 Å². The number of aromatic nitrogens is 2. The molecule has 0 radical (unpaired) electrons. The molecule has 1 saturated carbocycles. The smallest absolute Gasteiger partial charge is 0.276 e. The number of carbonyl (C=O) groups is 2. The van der Waals surface area contributed by atoms with Crippen LogP contribution in [0.15, 0.2) is 66.7 Å². The molecule has 26 heavy (non-hydrogen) atoms. The van der Waals surface area contributed by atoms with Crippen LogP contribution in [0.5, 0.6) is 0 Å². The van der Waals surface area contributed by atoms with Crippen LogP contribution in [-0.2, 0) is 4.79 Å². The first-order valence-corrected chi connectivity index (χ1v) is 8.53. The summed E-state index contributed by atoms with van der Waals surface area (Å²) in [6, 6.07) is 20.2. The van der Waals surface area contributed by atoms with Crippen LogP contribution in [-0.4, -0.2) is 21.6 Å². The number of rotatable bonds is 5. The predicted molar refractivity (Wildman–Crippen MR) is 99.3 cm³/mol. The van der Waals surface area contributed by atoms with Crippen molar-refractivity contribution in [3.63, 3.8) is 0 Å². The first kappa shape index (κ1) is 16.1. The Bertz CT molecular complexity index is 931. The van der Waals surface area contributed by atoms with Gasteiger partial charge in [0.15, 0.2) is 5.69 Å². The average molecular weight is 346 g/mol. The van der Waals surface area contributed by atoms with Gasteiger partial charge in [-0.15, -0.1) is 0 Å². The van der Waals surface area contributed by atoms with E-state index >= 15 is 0 Å². The first-order chi connectivity index (χ1) is 12.7. The zero-order chi connectivity index (χ0) is 17.9. The van der Waals surface area contributed by atoms with Crippen molar-refractivity contribution in [3.05, 3.63) is 72.4 Å². The molecule has 0 atom stereocenters. The summed E-state index contributed by atoms with van der Waals surface area (Å²) in [7, 11) is 0. The lowest BCUT2D eigenvalue weighted by Crippen LogP contribution is -2.16. The standard InChI is InChI=1S/C20H18N4O2/c25-19(14-11-12-14)22-18-13-17(20(26)21-15-7-3-1-4-8-15)23-24(18)16-9-5-2-6-10-16/h1-10,13-14H,11-12H2,(H,21,26)(H,22,25). The fourth-order valence-corrected chi connectivity index (χ4v) is 2.64. The Labute approximate surface area is 150 Å². The van der Waals surface area contributed by atoms with E-state index in [0.29, 0.717) is 11.5 Å². The van der Waals surface area contributed by atoms with Crippen molar-refractivity contribution in [2.75, 3.05) is 10.6 Å². The van der Waals surface area contributed by atoms with Crippen LogP contribution < -0.4 is 10.6 Å². The Balaban J connectivity index is 1.63. The molecule has 4 rings (SSSR count). The topological polar surface area (TPSA) is 76.0 Å². The SMILES string of the molecule is O=C(Nc1ccccc1)c1cc(NC(=O)C2CC2)n(-c2ccccc2)n1. The summed E-state index contributed by atoms with van der Waals surface area (Å²) in [5.41, 5.74) is 1.71. The minimum Gasteiger partial charge on any atom is -0.321 e. The van der Waals surface area contributed by atoms with Crippen molar-refractivity contribution in [1.82, 2.24) is 9.78 Å². The van der Waals surface area contributed by atoms with Gasteiger partial charge in [0, 0.05) is 17.7 Å². The molecule has 1 heterocycles. The van der Waals surface area contributed by atoms with Crippen molar-refractivity contribution in [2.45, 2.75) is 12.8 Å². The maximum Gasteiger partial charge on any atom is 0.276 e. The average Bonchev–Trinajstić information content (AvgIpc) is 3.44. The Kier molecular flexibility index (Phi) is 4.23. The second-order valence-corrected chi connectivity index (χ2v) is 6.25. The summed E-state index contributed by atoms with van der Waals surface area (Å²) in [4.78, 5) is 24.7. The van der Waals surface area contributed by atoms with Crippen molar-refractivity contribution >= 4 is 23.3 Å². The van der Waals surface area contributed by atoms with Gasteiger partial charge in [-0.2, -0.15) is 5.10 Å². The molecule has 0 spiro atoms. The van der Waals surface area contributed by atoms with E-state index in [4.69, 9.17) is 0 Å². The molecule has 6 heteroatoms. The Hall–Kier alpha value is -3.41. The van der Waals surface area contributed by atoms with Gasteiger partial charge < -0.3 is 10.6 Å². The molecule has 130 valence electrons. The molecule has 3 aromatic rings. The Morgan fingerprint density at radius 1 is 0.923 bits per heavy atom. The van der Waals surface area contributed by atoms with E-state index in [-0.39, 0.29) is 23.4 Å². The van der Waals surface area contributed by atoms with Crippen molar-refractivity contribution in [1.29, 1.82) is 0 Å². The highest BCUT2D eigenvalue weighted by Gasteiger charge is 2.30. The van der Waals surface area contributed by atoms with E-state index in [9.17, 15) is 9.59 Å². The Morgan fingerprint density at radius 2 is 1.58 bits per heavy atom. The third-order valence-corrected chi connectivity index (χ3v) is 4.17. The summed E-state index contributed by atoms with van der Waals surface area (Å²) in [6.07, 6.45) is 1.82. The van der Waals surface area contributed by atoms with Gasteiger partial charge >= 0.3 is 0 Å². The third-order valence-electron chi connectivity index (χ3n) is 4.17. The fourth-order valence-electron chi connectivity index (χ4n) is 2.64. The number of benzene rings is 2. The van der Waals surface area contributed by atoms with Crippen LogP contribution in [0.1, 0.15) is 23.3 Å². The molecule has 0 bridgehead atoms. The van der Waals surface area contributed by atoms with Gasteiger partial charge in [0.2, 0.25) is 5.91 Å². The van der Waals surface area contributed by atoms with Crippen molar-refractivity contribution < 1.29 is 9.59 Å². The number of nitrogens with one attached hydrogen (secondary N) is 2. The van der Waals surface area contributed by atoms with Gasteiger partial charge in [-0.05, 0) is 37.1 Å². The number of anilines is 2. The number of para-hydroxylation sites is 2. The highest BCUT2D eigenvalue weighted by atomic mass is 16.2. The summed E-state index contributed by atoms with van der Waals surface area (Å²) in [5, 5.41) is 10.1. The van der Waals surface area contributed by atoms with Crippen molar-refractivity contribution in [2.24, 2.45) is 5.92 Å². The second-order valence-electron chi connectivity index (χ2n) is 6.25. The molecule has 0 saturated heterocycles. The van der Waals surface area contributed by atoms with E-state index in [0.717, 1.165) is 18.5 Å². The third kappa shape index (κ3) is 3.49. The van der Waals surface area contributed by atoms with Crippen LogP contribution >= 0.6 is 0 Å². The van der Waals surface area contributed by atoms with Gasteiger partial charge in [0.25, 0.3) is 5.91 Å². The number of amides is 2. The van der Waals surface area contributed by atoms with E-state index in [1.807, 2.05) is 60.7 Å². The number of hydrogen-bond donors (Lipinski definition) is 2. The maximum atomic E-state index is 12.5. The molecule has 0 aliphatic heterocycles. The summed E-state index contributed by atoms with van der Waals surface area (Å²) < 4.78 is 1.58. The lowest BCUT2D eigenvalue weighted by Gasteiger charge is -2.08. The molecule has 0 unspecified atom stereocenters. The quantitative estimate of drug-likeness (QED) is 0.743. The summed E-state index contributed by atoms with van der Waals surface area (Å²) >= 11 is 0. The monoisotopic (exact) mass is 346 g/mol. The molecule has 2 N–H and O–H groups in total. The highest BCUT2D eigenvalue weighted by Crippen LogP contribution is 2.30. The van der Waals surface area contributed by atoms with E-state index < -0.39 is 0 Å². The molecule has 1 fully saturated rings. The predicted octanol–water partition coefficient (Wildman–Crippen LogP) is 3.47. The lowest BCUT2D eigenvalue weighted by molar-refractivity contribution is -0.117. The molecule has 1 aliphatic rings. The lowest BCUT2D eigenvalue weighted by atomic mass is 10.3. The molecular formula is C20H18N4O2. The molecule has 1 aromatic heterocycles. The highest BCUT2D eigenvalue weighted by molar-refractivity contribution is 6.04. The molecule has 6 nitrogen and oxygen atoms in total. The normalized spacial score (nSPS) is 13.2. The van der Waals surface area contributed by atoms with Crippen LogP contribution in [0.25, 0.3) is 5.69 Å². The minimum absolute atomic E-state index is 0.0305. The molecule has 1 aliphatic carbocycles. The van der Waals surface area contributed by atoms with E-state index in [1.54, 1.807) is 10.7 Å². The van der Waals surface area contributed by atoms with E-state index in [2.05, 4.69) is 15.7 Å². The van der Waals surface area contributed by atoms with Crippen LogP contribution in [0.2, 0.25) is 0 Å². The first-order valence-electron chi connectivity index (χ1n) is 8.53. The Morgan fingerprint density at radius 3 is 2.23 bits per heavy atom. The molecular weight excluding hydrogens is 328 g/mol. The minimum atomic E-state index is -0.326. The van der Waals surface area contributed by atoms with Gasteiger partial charge in [0.05, 0.1) is 5.69 Å². The maximum absolute atomic E-state index is 12.5. The zero-order valence-corrected chi connectivity index (χ0v) is 14.1. The van der Waals surface area contributed by atoms with E-state index in [1.165, 1.54) is 0 Å². The van der Waals surface area contributed by atoms with Gasteiger partial charge in [-0.3, -0.25) is 9.59 Å². The van der Waals surface area contributed by atoms with Crippen LogP contribution in [0, 0.1) is 5.92 Å². The fraction of sp³-hybridized carbons (Fsp3) is 0.150. The van der Waals surface area contributed by atoms with Gasteiger partial charge in [-0.25, -0.2) is 4.68 Å². The second kappa shape index (κ2) is 6.84. The number of nitrogens with zero attached hydrogens (tertiary/aromatic N) is 2. The number of hydrogen-bond acceptors (Lipinski definition) is 3. The summed E-state index contributed by atoms with van der Waals surface area (Å²) in [6.45, 7) is 0. The number of carbonyl (C=O) groups excluding carboxylic acids is 2. The van der Waals surface area contributed by atoms with Crippen LogP contribution in [0.3, 0.4) is 0 Å². The van der Waals surface area contributed by atoms with Crippen LogP contribution in [0.4, 0.5) is 11.5 Å². The molecule has 2 aromatic carbocycles. The summed E-state index contributed by atoms with van der Waals surface area (Å²) in [5.74, 6) is 0.201.